The average molecular weight is 499 g/mol. The van der Waals surface area contributed by atoms with Gasteiger partial charge in [-0.25, -0.2) is 5.53 Å². The van der Waals surface area contributed by atoms with Gasteiger partial charge in [0.15, 0.2) is 0 Å². The van der Waals surface area contributed by atoms with E-state index in [1.165, 1.54) is 27.7 Å². The molecule has 3 rings (SSSR count). The lowest BCUT2D eigenvalue weighted by molar-refractivity contribution is 0.704. The number of aromatic nitrogens is 1. The van der Waals surface area contributed by atoms with Gasteiger partial charge in [-0.2, -0.15) is 5.11 Å². The summed E-state index contributed by atoms with van der Waals surface area (Å²) in [6.07, 6.45) is 12.1. The number of nitrogens with zero attached hydrogens (tertiary/aromatic N) is 1. The molecule has 0 bridgehead atoms. The van der Waals surface area contributed by atoms with Gasteiger partial charge in [-0.3, -0.25) is 0 Å². The monoisotopic (exact) mass is 498 g/mol. The third kappa shape index (κ3) is 8.42. The molecule has 3 aromatic rings. The summed E-state index contributed by atoms with van der Waals surface area (Å²) in [6, 6.07) is 18.8. The Labute approximate surface area is 220 Å². The molecule has 0 unspecified atom stereocenters. The van der Waals surface area contributed by atoms with Crippen LogP contribution in [0, 0.1) is 5.53 Å². The van der Waals surface area contributed by atoms with Crippen molar-refractivity contribution in [1.29, 1.82) is 5.53 Å². The highest BCUT2D eigenvalue weighted by Crippen LogP contribution is 2.36. The zero-order valence-electron chi connectivity index (χ0n) is 21.5. The zero-order valence-corrected chi connectivity index (χ0v) is 22.3. The van der Waals surface area contributed by atoms with E-state index in [0.717, 1.165) is 61.2 Å². The van der Waals surface area contributed by atoms with Crippen LogP contribution in [0.5, 0.6) is 0 Å². The number of nitrogens with one attached hydrogen (secondary N) is 3. The van der Waals surface area contributed by atoms with Crippen LogP contribution in [-0.4, -0.2) is 11.5 Å². The molecule has 0 aliphatic heterocycles. The molecule has 0 aliphatic carbocycles. The lowest BCUT2D eigenvalue weighted by atomic mass is 10.0. The molecule has 0 fully saturated rings. The maximum absolute atomic E-state index is 7.46. The summed E-state index contributed by atoms with van der Waals surface area (Å²) in [6.45, 7) is 9.58. The van der Waals surface area contributed by atoms with E-state index in [1.807, 2.05) is 12.3 Å². The summed E-state index contributed by atoms with van der Waals surface area (Å²) < 4.78 is 0. The molecule has 188 valence electrons. The van der Waals surface area contributed by atoms with Crippen LogP contribution in [0.25, 0.3) is 16.5 Å². The van der Waals surface area contributed by atoms with Crippen LogP contribution in [-0.2, 0) is 6.42 Å². The molecule has 0 amide bonds. The van der Waals surface area contributed by atoms with Gasteiger partial charge in [0.25, 0.3) is 0 Å². The first-order valence-corrected chi connectivity index (χ1v) is 13.6. The smallest absolute Gasteiger partial charge is 0.0779 e. The van der Waals surface area contributed by atoms with Crippen molar-refractivity contribution >= 4 is 28.2 Å². The summed E-state index contributed by atoms with van der Waals surface area (Å²) in [4.78, 5) is 4.45. The Morgan fingerprint density at radius 1 is 1.08 bits per heavy atom. The fourth-order valence-corrected chi connectivity index (χ4v) is 4.87. The van der Waals surface area contributed by atoms with E-state index in [2.05, 4.69) is 102 Å². The fraction of sp³-hybridized carbons (Fsp3) is 0.290. The highest BCUT2D eigenvalue weighted by Gasteiger charge is 2.11. The SMILES string of the molecule is C=C(S/C=C(\C)CCCC/C(=C/NCCc1ccccc1)N=N)/C(=C/CC)c1c[nH]c2ccccc12. The van der Waals surface area contributed by atoms with Crippen molar-refractivity contribution in [3.8, 4) is 0 Å². The number of rotatable bonds is 15. The van der Waals surface area contributed by atoms with Gasteiger partial charge in [0.1, 0.15) is 0 Å². The number of fused-ring (bicyclic) bond motifs is 1. The lowest BCUT2D eigenvalue weighted by Crippen LogP contribution is -2.10. The summed E-state index contributed by atoms with van der Waals surface area (Å²) in [5.74, 6) is 0. The molecule has 2 aromatic carbocycles. The number of hydrogen-bond donors (Lipinski definition) is 3. The third-order valence-electron chi connectivity index (χ3n) is 6.06. The molecular formula is C31H38N4S. The molecular weight excluding hydrogens is 460 g/mol. The molecule has 0 spiro atoms. The second kappa shape index (κ2) is 14.9. The second-order valence-electron chi connectivity index (χ2n) is 8.92. The highest BCUT2D eigenvalue weighted by molar-refractivity contribution is 8.06. The van der Waals surface area contributed by atoms with Gasteiger partial charge in [-0.15, -0.1) is 0 Å². The first-order valence-electron chi connectivity index (χ1n) is 12.7. The van der Waals surface area contributed by atoms with E-state index in [4.69, 9.17) is 5.53 Å². The van der Waals surface area contributed by atoms with E-state index in [0.29, 0.717) is 0 Å². The zero-order chi connectivity index (χ0) is 25.6. The van der Waals surface area contributed by atoms with Gasteiger partial charge in [0.05, 0.1) is 5.70 Å². The molecule has 4 nitrogen and oxygen atoms in total. The van der Waals surface area contributed by atoms with Crippen molar-refractivity contribution in [2.75, 3.05) is 6.54 Å². The Bertz CT molecular complexity index is 1220. The van der Waals surface area contributed by atoms with Gasteiger partial charge < -0.3 is 10.3 Å². The minimum absolute atomic E-state index is 0.806. The second-order valence-corrected chi connectivity index (χ2v) is 9.89. The van der Waals surface area contributed by atoms with Crippen LogP contribution < -0.4 is 5.32 Å². The Morgan fingerprint density at radius 3 is 2.61 bits per heavy atom. The van der Waals surface area contributed by atoms with Crippen molar-refractivity contribution in [1.82, 2.24) is 10.3 Å². The number of para-hydroxylation sites is 1. The van der Waals surface area contributed by atoms with Gasteiger partial charge in [0, 0.05) is 40.3 Å². The molecule has 0 radical (unpaired) electrons. The Morgan fingerprint density at radius 2 is 1.83 bits per heavy atom. The number of hydrogen-bond acceptors (Lipinski definition) is 4. The van der Waals surface area contributed by atoms with Crippen molar-refractivity contribution in [3.63, 3.8) is 0 Å². The lowest BCUT2D eigenvalue weighted by Gasteiger charge is -2.09. The van der Waals surface area contributed by atoms with Crippen molar-refractivity contribution in [2.45, 2.75) is 52.4 Å². The van der Waals surface area contributed by atoms with Crippen LogP contribution >= 0.6 is 11.8 Å². The minimum Gasteiger partial charge on any atom is -0.389 e. The Balaban J connectivity index is 1.43. The van der Waals surface area contributed by atoms with E-state index < -0.39 is 0 Å². The number of benzene rings is 2. The van der Waals surface area contributed by atoms with Gasteiger partial charge >= 0.3 is 0 Å². The summed E-state index contributed by atoms with van der Waals surface area (Å²) >= 11 is 1.71. The van der Waals surface area contributed by atoms with Gasteiger partial charge in [0.2, 0.25) is 0 Å². The molecule has 5 heteroatoms. The van der Waals surface area contributed by atoms with Crippen molar-refractivity contribution in [2.24, 2.45) is 5.11 Å². The Kier molecular flexibility index (Phi) is 11.3. The predicted molar refractivity (Wildman–Crippen MR) is 157 cm³/mol. The van der Waals surface area contributed by atoms with E-state index in [-0.39, 0.29) is 0 Å². The number of H-pyrrole nitrogens is 1. The van der Waals surface area contributed by atoms with Gasteiger partial charge in [-0.1, -0.05) is 85.4 Å². The molecule has 0 atom stereocenters. The molecule has 1 heterocycles. The number of allylic oxidation sites excluding steroid dienone is 4. The van der Waals surface area contributed by atoms with Crippen LogP contribution in [0.1, 0.15) is 57.1 Å². The minimum atomic E-state index is 0.806. The topological polar surface area (TPSA) is 64.0 Å². The number of unbranched alkanes of at least 4 members (excludes halogenated alkanes) is 1. The van der Waals surface area contributed by atoms with Crippen LogP contribution in [0.4, 0.5) is 0 Å². The van der Waals surface area contributed by atoms with E-state index in [9.17, 15) is 0 Å². The summed E-state index contributed by atoms with van der Waals surface area (Å²) in [7, 11) is 0. The van der Waals surface area contributed by atoms with Crippen molar-refractivity contribution < 1.29 is 0 Å². The molecule has 1 aromatic heterocycles. The van der Waals surface area contributed by atoms with Crippen LogP contribution in [0.3, 0.4) is 0 Å². The van der Waals surface area contributed by atoms with E-state index >= 15 is 0 Å². The average Bonchev–Trinajstić information content (AvgIpc) is 3.34. The number of aromatic amines is 1. The first-order chi connectivity index (χ1) is 17.6. The molecule has 0 saturated heterocycles. The predicted octanol–water partition coefficient (Wildman–Crippen LogP) is 9.38. The summed E-state index contributed by atoms with van der Waals surface area (Å²) in [5, 5.41) is 10.5. The highest BCUT2D eigenvalue weighted by atomic mass is 32.2. The van der Waals surface area contributed by atoms with Crippen molar-refractivity contribution in [3.05, 3.63) is 112 Å². The summed E-state index contributed by atoms with van der Waals surface area (Å²) in [5.41, 5.74) is 14.5. The van der Waals surface area contributed by atoms with Crippen LogP contribution in [0.2, 0.25) is 0 Å². The number of thioether (sulfide) groups is 1. The fourth-order valence-electron chi connectivity index (χ4n) is 4.09. The quantitative estimate of drug-likeness (QED) is 0.111. The van der Waals surface area contributed by atoms with E-state index in [1.54, 1.807) is 11.8 Å². The normalized spacial score (nSPS) is 12.7. The maximum atomic E-state index is 7.46. The Hall–Kier alpha value is -3.31. The molecule has 36 heavy (non-hydrogen) atoms. The third-order valence-corrected chi connectivity index (χ3v) is 7.08. The van der Waals surface area contributed by atoms with Crippen LogP contribution in [0.15, 0.2) is 106 Å². The molecule has 0 saturated carbocycles. The largest absolute Gasteiger partial charge is 0.389 e. The standard InChI is InChI=1S/C31H38N4S/c1-4-12-28(30-22-34-31-18-11-10-17-29(30)31)25(3)36-23-24(2)13-8-9-16-27(35-32)21-33-20-19-26-14-6-5-7-15-26/h5-7,10-12,14-15,17-18,21-23,32-34H,3-4,8-9,13,16,19-20H2,1-2H3/b24-23+,27-21-,28-12-,35-32?. The molecule has 0 aliphatic rings. The first kappa shape index (κ1) is 27.3. The maximum Gasteiger partial charge on any atom is 0.0779 e. The van der Waals surface area contributed by atoms with Gasteiger partial charge in [-0.05, 0) is 68.1 Å². The molecule has 3 N–H and O–H groups in total.